The largest absolute Gasteiger partial charge is 0.469 e. The number of esters is 1. The van der Waals surface area contributed by atoms with Crippen LogP contribution in [0.4, 0.5) is 0 Å². The Hall–Kier alpha value is -0.580. The van der Waals surface area contributed by atoms with Crippen LogP contribution in [0.2, 0.25) is 5.02 Å². The fourth-order valence-electron chi connectivity index (χ4n) is 1.57. The summed E-state index contributed by atoms with van der Waals surface area (Å²) in [5.74, 6) is -0.254. The molecule has 1 unspecified atom stereocenters. The molecule has 0 spiro atoms. The molecule has 0 bridgehead atoms. The zero-order valence-electron chi connectivity index (χ0n) is 9.62. The number of rotatable bonds is 4. The Bertz CT molecular complexity index is 376. The first-order valence-corrected chi connectivity index (χ1v) is 6.21. The normalized spacial score (nSPS) is 13.6. The molecular weight excluding hydrogens is 246 g/mol. The lowest BCUT2D eigenvalue weighted by atomic mass is 9.85. The smallest absolute Gasteiger partial charge is 0.311 e. The van der Waals surface area contributed by atoms with Gasteiger partial charge in [0.05, 0.1) is 17.5 Å². The average molecular weight is 262 g/mol. The van der Waals surface area contributed by atoms with Crippen molar-refractivity contribution < 1.29 is 9.53 Å². The van der Waals surface area contributed by atoms with Gasteiger partial charge in [-0.15, -0.1) is 11.3 Å². The predicted octanol–water partition coefficient (Wildman–Crippen LogP) is 2.99. The molecule has 5 heteroatoms. The molecule has 0 saturated heterocycles. The van der Waals surface area contributed by atoms with E-state index in [1.165, 1.54) is 18.4 Å². The summed E-state index contributed by atoms with van der Waals surface area (Å²) in [6.07, 6.45) is 0.514. The molecule has 0 fully saturated rings. The van der Waals surface area contributed by atoms with Crippen LogP contribution < -0.4 is 5.73 Å². The number of methoxy groups -OCH3 is 1. The first-order chi connectivity index (χ1) is 7.38. The van der Waals surface area contributed by atoms with Gasteiger partial charge >= 0.3 is 5.97 Å². The van der Waals surface area contributed by atoms with Crippen molar-refractivity contribution in [3.8, 4) is 0 Å². The summed E-state index contributed by atoms with van der Waals surface area (Å²) in [7, 11) is 1.38. The van der Waals surface area contributed by atoms with E-state index >= 15 is 0 Å². The first kappa shape index (κ1) is 13.5. The Kier molecular flexibility index (Phi) is 4.35. The Morgan fingerprint density at radius 1 is 1.69 bits per heavy atom. The maximum Gasteiger partial charge on any atom is 0.311 e. The van der Waals surface area contributed by atoms with E-state index in [0.717, 1.165) is 4.88 Å². The van der Waals surface area contributed by atoms with E-state index in [1.807, 2.05) is 25.3 Å². The van der Waals surface area contributed by atoms with Crippen molar-refractivity contribution in [2.24, 2.45) is 11.1 Å². The quantitative estimate of drug-likeness (QED) is 0.848. The minimum Gasteiger partial charge on any atom is -0.469 e. The van der Waals surface area contributed by atoms with Crippen LogP contribution in [0.1, 0.15) is 31.2 Å². The Balaban J connectivity index is 2.75. The van der Waals surface area contributed by atoms with Gasteiger partial charge in [-0.25, -0.2) is 0 Å². The summed E-state index contributed by atoms with van der Waals surface area (Å²) < 4.78 is 4.74. The van der Waals surface area contributed by atoms with Crippen molar-refractivity contribution in [2.45, 2.75) is 26.3 Å². The average Bonchev–Trinajstić information content (AvgIpc) is 2.62. The van der Waals surface area contributed by atoms with E-state index in [1.54, 1.807) is 0 Å². The van der Waals surface area contributed by atoms with Crippen LogP contribution in [0.3, 0.4) is 0 Å². The Morgan fingerprint density at radius 3 is 2.75 bits per heavy atom. The maximum absolute atomic E-state index is 11.5. The monoisotopic (exact) mass is 261 g/mol. The fourth-order valence-corrected chi connectivity index (χ4v) is 2.77. The molecule has 0 aromatic carbocycles. The highest BCUT2D eigenvalue weighted by molar-refractivity contribution is 7.10. The molecular formula is C11H16ClNO2S. The second-order valence-electron chi connectivity index (χ2n) is 4.32. The SMILES string of the molecule is COC(=O)C(C)(C)CC(N)c1sccc1Cl. The van der Waals surface area contributed by atoms with Crippen molar-refractivity contribution >= 4 is 28.9 Å². The lowest BCUT2D eigenvalue weighted by Crippen LogP contribution is -2.30. The third-order valence-electron chi connectivity index (χ3n) is 2.45. The highest BCUT2D eigenvalue weighted by Crippen LogP contribution is 2.35. The number of hydrogen-bond acceptors (Lipinski definition) is 4. The molecule has 90 valence electrons. The number of carbonyl (C=O) groups is 1. The highest BCUT2D eigenvalue weighted by Gasteiger charge is 2.32. The minimum atomic E-state index is -0.596. The summed E-state index contributed by atoms with van der Waals surface area (Å²) in [6, 6.07) is 1.58. The van der Waals surface area contributed by atoms with Crippen LogP contribution in [-0.2, 0) is 9.53 Å². The Labute approximate surface area is 105 Å². The van der Waals surface area contributed by atoms with E-state index in [2.05, 4.69) is 0 Å². The lowest BCUT2D eigenvalue weighted by Gasteiger charge is -2.24. The topological polar surface area (TPSA) is 52.3 Å². The van der Waals surface area contributed by atoms with Crippen molar-refractivity contribution in [3.63, 3.8) is 0 Å². The van der Waals surface area contributed by atoms with Crippen LogP contribution >= 0.6 is 22.9 Å². The van der Waals surface area contributed by atoms with Crippen molar-refractivity contribution in [1.29, 1.82) is 0 Å². The van der Waals surface area contributed by atoms with Gasteiger partial charge in [-0.05, 0) is 31.7 Å². The van der Waals surface area contributed by atoms with E-state index in [0.29, 0.717) is 11.4 Å². The number of halogens is 1. The van der Waals surface area contributed by atoms with Crippen LogP contribution in [0.15, 0.2) is 11.4 Å². The zero-order chi connectivity index (χ0) is 12.3. The molecule has 0 radical (unpaired) electrons. The summed E-state index contributed by atoms with van der Waals surface area (Å²) in [5.41, 5.74) is 5.44. The molecule has 0 amide bonds. The van der Waals surface area contributed by atoms with Gasteiger partial charge in [0.1, 0.15) is 0 Å². The Morgan fingerprint density at radius 2 is 2.31 bits per heavy atom. The molecule has 3 nitrogen and oxygen atoms in total. The summed E-state index contributed by atoms with van der Waals surface area (Å²) >= 11 is 7.50. The second kappa shape index (κ2) is 5.17. The molecule has 16 heavy (non-hydrogen) atoms. The van der Waals surface area contributed by atoms with Crippen molar-refractivity contribution in [1.82, 2.24) is 0 Å². The van der Waals surface area contributed by atoms with Crippen LogP contribution in [-0.4, -0.2) is 13.1 Å². The van der Waals surface area contributed by atoms with Crippen LogP contribution in [0.5, 0.6) is 0 Å². The first-order valence-electron chi connectivity index (χ1n) is 4.95. The molecule has 0 saturated carbocycles. The minimum absolute atomic E-state index is 0.235. The third-order valence-corrected chi connectivity index (χ3v) is 3.94. The lowest BCUT2D eigenvalue weighted by molar-refractivity contribution is -0.151. The van der Waals surface area contributed by atoms with Gasteiger partial charge in [0, 0.05) is 10.9 Å². The van der Waals surface area contributed by atoms with E-state index in [-0.39, 0.29) is 12.0 Å². The standard InChI is InChI=1S/C11H16ClNO2S/c1-11(2,10(14)15-3)6-8(13)9-7(12)4-5-16-9/h4-5,8H,6,13H2,1-3H3. The number of carbonyl (C=O) groups excluding carboxylic acids is 1. The van der Waals surface area contributed by atoms with Gasteiger partial charge in [-0.2, -0.15) is 0 Å². The molecule has 1 heterocycles. The van der Waals surface area contributed by atoms with Crippen LogP contribution in [0, 0.1) is 5.41 Å². The van der Waals surface area contributed by atoms with Crippen molar-refractivity contribution in [2.75, 3.05) is 7.11 Å². The number of hydrogen-bond donors (Lipinski definition) is 1. The van der Waals surface area contributed by atoms with Gasteiger partial charge in [0.25, 0.3) is 0 Å². The molecule has 1 rings (SSSR count). The van der Waals surface area contributed by atoms with E-state index < -0.39 is 5.41 Å². The highest BCUT2D eigenvalue weighted by atomic mass is 35.5. The molecule has 0 aliphatic heterocycles. The van der Waals surface area contributed by atoms with Gasteiger partial charge in [0.15, 0.2) is 0 Å². The summed E-state index contributed by atoms with van der Waals surface area (Å²) in [4.78, 5) is 12.4. The van der Waals surface area contributed by atoms with Gasteiger partial charge in [-0.1, -0.05) is 11.6 Å². The molecule has 0 aliphatic rings. The molecule has 2 N–H and O–H groups in total. The van der Waals surface area contributed by atoms with E-state index in [4.69, 9.17) is 22.1 Å². The second-order valence-corrected chi connectivity index (χ2v) is 5.67. The molecule has 0 aliphatic carbocycles. The van der Waals surface area contributed by atoms with Crippen molar-refractivity contribution in [3.05, 3.63) is 21.3 Å². The molecule has 1 atom stereocenters. The zero-order valence-corrected chi connectivity index (χ0v) is 11.2. The van der Waals surface area contributed by atoms with E-state index in [9.17, 15) is 4.79 Å². The summed E-state index contributed by atoms with van der Waals surface area (Å²) in [6.45, 7) is 3.64. The molecule has 1 aromatic heterocycles. The number of thiophene rings is 1. The number of ether oxygens (including phenoxy) is 1. The number of nitrogens with two attached hydrogens (primary N) is 1. The van der Waals surface area contributed by atoms with Gasteiger partial charge in [0.2, 0.25) is 0 Å². The third kappa shape index (κ3) is 2.97. The molecule has 1 aromatic rings. The predicted molar refractivity (Wildman–Crippen MR) is 66.7 cm³/mol. The summed E-state index contributed by atoms with van der Waals surface area (Å²) in [5, 5.41) is 2.56. The fraction of sp³-hybridized carbons (Fsp3) is 0.545. The van der Waals surface area contributed by atoms with Crippen LogP contribution in [0.25, 0.3) is 0 Å². The van der Waals surface area contributed by atoms with Gasteiger partial charge in [-0.3, -0.25) is 4.79 Å². The maximum atomic E-state index is 11.5. The van der Waals surface area contributed by atoms with Gasteiger partial charge < -0.3 is 10.5 Å².